The molecule has 0 aliphatic carbocycles. The highest BCUT2D eigenvalue weighted by molar-refractivity contribution is 5.90. The Bertz CT molecular complexity index is 341. The molecule has 58 valence electrons. The first-order chi connectivity index (χ1) is 5.13. The quantitative estimate of drug-likeness (QED) is 0.550. The van der Waals surface area contributed by atoms with E-state index in [1.807, 2.05) is 0 Å². The van der Waals surface area contributed by atoms with Gasteiger partial charge in [-0.2, -0.15) is 0 Å². The Balaban J connectivity index is 3.39. The number of hydrogen-bond acceptors (Lipinski definition) is 3. The molecule has 5 heteroatoms. The second-order valence-electron chi connectivity index (χ2n) is 1.85. The molecule has 1 aromatic heterocycles. The molecule has 0 unspecified atom stereocenters. The third-order valence-electron chi connectivity index (χ3n) is 1.15. The van der Waals surface area contributed by atoms with Crippen LogP contribution in [0.2, 0.25) is 0 Å². The van der Waals surface area contributed by atoms with Gasteiger partial charge in [-0.3, -0.25) is 4.79 Å². The number of H-pyrrole nitrogens is 1. The van der Waals surface area contributed by atoms with Gasteiger partial charge in [-0.25, -0.2) is 4.79 Å². The molecule has 0 bridgehead atoms. The number of aromatic amines is 1. The van der Waals surface area contributed by atoms with Crippen LogP contribution in [-0.2, 0) is 0 Å². The van der Waals surface area contributed by atoms with Crippen LogP contribution in [0.5, 0.6) is 5.75 Å². The monoisotopic (exact) mass is 154 g/mol. The molecule has 1 aromatic rings. The minimum absolute atomic E-state index is 0.506. The van der Waals surface area contributed by atoms with Crippen LogP contribution in [-0.4, -0.2) is 16.1 Å². The molecule has 0 saturated carbocycles. The van der Waals surface area contributed by atoms with Crippen molar-refractivity contribution in [3.63, 3.8) is 0 Å². The van der Waals surface area contributed by atoms with Crippen molar-refractivity contribution in [3.05, 3.63) is 28.2 Å². The van der Waals surface area contributed by atoms with E-state index in [2.05, 4.69) is 4.98 Å². The lowest BCUT2D eigenvalue weighted by Crippen LogP contribution is -2.17. The van der Waals surface area contributed by atoms with Crippen molar-refractivity contribution in [1.82, 2.24) is 4.98 Å². The van der Waals surface area contributed by atoms with Gasteiger partial charge in [0, 0.05) is 6.20 Å². The highest BCUT2D eigenvalue weighted by atomic mass is 16.4. The maximum atomic E-state index is 10.7. The van der Waals surface area contributed by atoms with Gasteiger partial charge in [-0.1, -0.05) is 0 Å². The summed E-state index contributed by atoms with van der Waals surface area (Å²) in [5, 5.41) is 19.0. The number of pyridine rings is 1. The van der Waals surface area contributed by atoms with Crippen molar-refractivity contribution in [2.45, 2.75) is 0 Å². The molecule has 1 heterocycles. The van der Waals surface area contributed by atoms with Crippen LogP contribution < -0.4 is 10.7 Å². The van der Waals surface area contributed by atoms with Crippen molar-refractivity contribution in [2.24, 2.45) is 0 Å². The van der Waals surface area contributed by atoms with E-state index in [4.69, 9.17) is 5.11 Å². The highest BCUT2D eigenvalue weighted by Gasteiger charge is 2.03. The molecule has 0 saturated heterocycles. The van der Waals surface area contributed by atoms with Gasteiger partial charge in [-0.15, -0.1) is 0 Å². The summed E-state index contributed by atoms with van der Waals surface area (Å²) >= 11 is 0. The van der Waals surface area contributed by atoms with Gasteiger partial charge in [0.15, 0.2) is 0 Å². The number of rotatable bonds is 1. The zero-order chi connectivity index (χ0) is 8.43. The van der Waals surface area contributed by atoms with Crippen LogP contribution in [0.4, 0.5) is 0 Å². The van der Waals surface area contributed by atoms with E-state index in [-0.39, 0.29) is 0 Å². The fraction of sp³-hybridized carbons (Fsp3) is 0. The summed E-state index contributed by atoms with van der Waals surface area (Å²) in [4.78, 5) is 22.8. The molecule has 1 rings (SSSR count). The van der Waals surface area contributed by atoms with E-state index in [1.54, 1.807) is 0 Å². The standard InChI is InChI=1S/C6H5NO4/c8-4-3(6(10)11)1-2-7-5(4)9/h1-2,8H,(H,7,9)(H,10,11)/p-1. The van der Waals surface area contributed by atoms with E-state index in [0.29, 0.717) is 0 Å². The second kappa shape index (κ2) is 2.45. The Morgan fingerprint density at radius 2 is 2.27 bits per heavy atom. The molecule has 0 aromatic carbocycles. The van der Waals surface area contributed by atoms with Crippen molar-refractivity contribution in [2.75, 3.05) is 0 Å². The van der Waals surface area contributed by atoms with E-state index in [0.717, 1.165) is 12.3 Å². The van der Waals surface area contributed by atoms with Crippen LogP contribution in [0.15, 0.2) is 17.1 Å². The van der Waals surface area contributed by atoms with Gasteiger partial charge in [0.25, 0.3) is 0 Å². The van der Waals surface area contributed by atoms with Gasteiger partial charge >= 0.3 is 5.97 Å². The second-order valence-corrected chi connectivity index (χ2v) is 1.85. The summed E-state index contributed by atoms with van der Waals surface area (Å²) in [5.74, 6) is -2.40. The topological polar surface area (TPSA) is 93.2 Å². The Hall–Kier alpha value is -1.78. The maximum absolute atomic E-state index is 10.7. The molecule has 0 spiro atoms. The lowest BCUT2D eigenvalue weighted by molar-refractivity contribution is -0.270. The normalized spacial score (nSPS) is 9.45. The molecule has 0 aliphatic heterocycles. The zero-order valence-electron chi connectivity index (χ0n) is 5.33. The summed E-state index contributed by atoms with van der Waals surface area (Å²) < 4.78 is 0. The molecular weight excluding hydrogens is 150 g/mol. The SMILES string of the molecule is O=C(O)c1cc[nH]c(=O)c1[O-]. The lowest BCUT2D eigenvalue weighted by Gasteiger charge is -2.05. The Kier molecular flexibility index (Phi) is 1.63. The molecule has 0 aliphatic rings. The summed E-state index contributed by atoms with van der Waals surface area (Å²) in [5.41, 5.74) is -1.42. The minimum Gasteiger partial charge on any atom is -0.868 e. The minimum atomic E-state index is -1.39. The molecule has 2 N–H and O–H groups in total. The largest absolute Gasteiger partial charge is 0.868 e. The molecule has 0 radical (unpaired) electrons. The van der Waals surface area contributed by atoms with Crippen LogP contribution in [0.3, 0.4) is 0 Å². The first-order valence-corrected chi connectivity index (χ1v) is 2.75. The van der Waals surface area contributed by atoms with Gasteiger partial charge in [0.05, 0.1) is 5.56 Å². The van der Waals surface area contributed by atoms with E-state index in [1.165, 1.54) is 0 Å². The molecule has 11 heavy (non-hydrogen) atoms. The number of aromatic nitrogens is 1. The Morgan fingerprint density at radius 1 is 1.64 bits per heavy atom. The molecule has 5 nitrogen and oxygen atoms in total. The summed E-state index contributed by atoms with van der Waals surface area (Å²) in [6, 6.07) is 1.05. The molecule has 0 fully saturated rings. The predicted octanol–water partition coefficient (Wildman–Crippen LogP) is -0.853. The molecule has 0 atom stereocenters. The third kappa shape index (κ3) is 1.21. The Labute approximate surface area is 60.9 Å². The molecular formula is C6H4NO4-. The highest BCUT2D eigenvalue weighted by Crippen LogP contribution is 2.04. The van der Waals surface area contributed by atoms with E-state index >= 15 is 0 Å². The van der Waals surface area contributed by atoms with Gasteiger partial charge in [0.1, 0.15) is 0 Å². The summed E-state index contributed by atoms with van der Waals surface area (Å²) in [6.45, 7) is 0. The van der Waals surface area contributed by atoms with Crippen LogP contribution >= 0.6 is 0 Å². The van der Waals surface area contributed by atoms with Crippen molar-refractivity contribution < 1.29 is 15.0 Å². The average Bonchev–Trinajstić information content (AvgIpc) is 1.94. The first-order valence-electron chi connectivity index (χ1n) is 2.75. The van der Waals surface area contributed by atoms with Gasteiger partial charge in [0.2, 0.25) is 5.56 Å². The van der Waals surface area contributed by atoms with Gasteiger partial charge in [-0.05, 0) is 11.8 Å². The fourth-order valence-corrected chi connectivity index (χ4v) is 0.633. The number of carboxylic acid groups (broad SMARTS) is 1. The van der Waals surface area contributed by atoms with Crippen LogP contribution in [0, 0.1) is 0 Å². The summed E-state index contributed by atoms with van der Waals surface area (Å²) in [7, 11) is 0. The van der Waals surface area contributed by atoms with E-state index < -0.39 is 22.8 Å². The molecule has 0 amide bonds. The maximum Gasteiger partial charge on any atom is 0.335 e. The van der Waals surface area contributed by atoms with Crippen LogP contribution in [0.1, 0.15) is 10.4 Å². The zero-order valence-corrected chi connectivity index (χ0v) is 5.33. The summed E-state index contributed by atoms with van der Waals surface area (Å²) in [6.07, 6.45) is 1.12. The average molecular weight is 154 g/mol. The number of nitrogens with one attached hydrogen (secondary N) is 1. The first kappa shape index (κ1) is 7.33. The number of aromatic carboxylic acids is 1. The Morgan fingerprint density at radius 3 is 2.73 bits per heavy atom. The smallest absolute Gasteiger partial charge is 0.335 e. The van der Waals surface area contributed by atoms with Crippen LogP contribution in [0.25, 0.3) is 0 Å². The number of carboxylic acids is 1. The van der Waals surface area contributed by atoms with Crippen molar-refractivity contribution in [1.29, 1.82) is 0 Å². The van der Waals surface area contributed by atoms with Gasteiger partial charge < -0.3 is 15.2 Å². The van der Waals surface area contributed by atoms with Crippen molar-refractivity contribution in [3.8, 4) is 5.75 Å². The van der Waals surface area contributed by atoms with E-state index in [9.17, 15) is 14.7 Å². The fourth-order valence-electron chi connectivity index (χ4n) is 0.633. The third-order valence-corrected chi connectivity index (χ3v) is 1.15. The number of hydrogen-bond donors (Lipinski definition) is 2. The lowest BCUT2D eigenvalue weighted by atomic mass is 10.2. The number of carbonyl (C=O) groups is 1. The van der Waals surface area contributed by atoms with Crippen molar-refractivity contribution >= 4 is 5.97 Å². The predicted molar refractivity (Wildman–Crippen MR) is 33.5 cm³/mol.